The zero-order valence-corrected chi connectivity index (χ0v) is 18.0. The van der Waals surface area contributed by atoms with Crippen LogP contribution >= 0.6 is 11.8 Å². The molecule has 160 valence electrons. The molecule has 1 amide bonds. The molecule has 0 radical (unpaired) electrons. The van der Waals surface area contributed by atoms with Crippen molar-refractivity contribution in [3.63, 3.8) is 0 Å². The van der Waals surface area contributed by atoms with Gasteiger partial charge >= 0.3 is 0 Å². The standard InChI is InChI=1S/C21H22N6O3S/c1-4-13-8-14-15(30-11-29-14)9-16(13)31-21-26-18-19(22)24-10-25-20(18)27(21)6-5-23-17(28)7-12(2)3/h1,8-10,12H,5-7,11H2,2-3H3,(H,23,28)(H2,22,24,25). The van der Waals surface area contributed by atoms with Crippen molar-refractivity contribution < 1.29 is 14.3 Å². The van der Waals surface area contributed by atoms with Crippen molar-refractivity contribution in [3.05, 3.63) is 24.0 Å². The topological polar surface area (TPSA) is 117 Å². The normalized spacial score (nSPS) is 12.3. The van der Waals surface area contributed by atoms with Gasteiger partial charge in [0.15, 0.2) is 33.6 Å². The van der Waals surface area contributed by atoms with Crippen molar-refractivity contribution in [2.45, 2.75) is 36.9 Å². The number of ether oxygens (including phenoxy) is 2. The minimum Gasteiger partial charge on any atom is -0.454 e. The van der Waals surface area contributed by atoms with Gasteiger partial charge in [0, 0.05) is 36.0 Å². The van der Waals surface area contributed by atoms with Crippen LogP contribution in [0, 0.1) is 18.3 Å². The van der Waals surface area contributed by atoms with Crippen molar-refractivity contribution in [2.75, 3.05) is 19.1 Å². The Morgan fingerprint density at radius 3 is 2.87 bits per heavy atom. The molecule has 0 bridgehead atoms. The van der Waals surface area contributed by atoms with Gasteiger partial charge in [0.25, 0.3) is 0 Å². The van der Waals surface area contributed by atoms with Crippen LogP contribution in [-0.2, 0) is 11.3 Å². The second kappa shape index (κ2) is 8.73. The number of amides is 1. The van der Waals surface area contributed by atoms with E-state index in [4.69, 9.17) is 21.6 Å². The molecule has 3 aromatic rings. The third kappa shape index (κ3) is 4.36. The molecule has 1 aromatic carbocycles. The number of terminal acetylenes is 1. The van der Waals surface area contributed by atoms with Gasteiger partial charge in [-0.15, -0.1) is 6.42 Å². The highest BCUT2D eigenvalue weighted by Crippen LogP contribution is 2.40. The fraction of sp³-hybridized carbons (Fsp3) is 0.333. The number of nitrogens with two attached hydrogens (primary N) is 1. The minimum absolute atomic E-state index is 0.00755. The quantitative estimate of drug-likeness (QED) is 0.540. The Morgan fingerprint density at radius 1 is 1.35 bits per heavy atom. The summed E-state index contributed by atoms with van der Waals surface area (Å²) in [6.07, 6.45) is 7.59. The number of aromatic nitrogens is 4. The molecule has 4 rings (SSSR count). The Labute approximate surface area is 183 Å². The fourth-order valence-corrected chi connectivity index (χ4v) is 4.20. The van der Waals surface area contributed by atoms with Crippen LogP contribution in [0.5, 0.6) is 11.5 Å². The van der Waals surface area contributed by atoms with Crippen molar-refractivity contribution in [1.82, 2.24) is 24.8 Å². The van der Waals surface area contributed by atoms with Crippen LogP contribution in [0.3, 0.4) is 0 Å². The zero-order valence-electron chi connectivity index (χ0n) is 17.2. The van der Waals surface area contributed by atoms with Crippen molar-refractivity contribution in [3.8, 4) is 23.8 Å². The molecule has 10 heteroatoms. The Bertz CT molecular complexity index is 1180. The van der Waals surface area contributed by atoms with E-state index >= 15 is 0 Å². The van der Waals surface area contributed by atoms with Gasteiger partial charge in [-0.1, -0.05) is 31.5 Å². The Morgan fingerprint density at radius 2 is 2.13 bits per heavy atom. The summed E-state index contributed by atoms with van der Waals surface area (Å²) >= 11 is 1.37. The number of benzene rings is 1. The number of nitrogens with one attached hydrogen (secondary N) is 1. The molecule has 3 heterocycles. The summed E-state index contributed by atoms with van der Waals surface area (Å²) < 4.78 is 12.8. The number of hydrogen-bond acceptors (Lipinski definition) is 8. The summed E-state index contributed by atoms with van der Waals surface area (Å²) in [5.74, 6) is 4.52. The van der Waals surface area contributed by atoms with E-state index in [1.54, 1.807) is 6.07 Å². The summed E-state index contributed by atoms with van der Waals surface area (Å²) in [6.45, 7) is 5.07. The lowest BCUT2D eigenvalue weighted by atomic mass is 10.1. The van der Waals surface area contributed by atoms with Gasteiger partial charge in [0.05, 0.1) is 0 Å². The number of anilines is 1. The van der Waals surface area contributed by atoms with Gasteiger partial charge in [-0.25, -0.2) is 15.0 Å². The lowest BCUT2D eigenvalue weighted by Crippen LogP contribution is -2.28. The number of nitrogen functional groups attached to an aromatic ring is 1. The number of fused-ring (bicyclic) bond motifs is 2. The van der Waals surface area contributed by atoms with Crippen LogP contribution in [0.4, 0.5) is 5.82 Å². The number of imidazole rings is 1. The SMILES string of the molecule is C#Cc1cc2c(cc1Sc1nc3c(N)ncnc3n1CCNC(=O)CC(C)C)OCO2. The molecule has 2 aromatic heterocycles. The van der Waals surface area contributed by atoms with Crippen LogP contribution in [0.1, 0.15) is 25.8 Å². The minimum atomic E-state index is 0.00755. The van der Waals surface area contributed by atoms with Gasteiger partial charge in [-0.2, -0.15) is 0 Å². The summed E-state index contributed by atoms with van der Waals surface area (Å²) in [4.78, 5) is 25.9. The number of nitrogens with zero attached hydrogens (tertiary/aromatic N) is 4. The first-order chi connectivity index (χ1) is 15.0. The van der Waals surface area contributed by atoms with E-state index < -0.39 is 0 Å². The van der Waals surface area contributed by atoms with Crippen molar-refractivity contribution in [1.29, 1.82) is 0 Å². The molecule has 0 aliphatic carbocycles. The zero-order chi connectivity index (χ0) is 22.0. The Kier molecular flexibility index (Phi) is 5.86. The van der Waals surface area contributed by atoms with Crippen LogP contribution in [-0.4, -0.2) is 38.8 Å². The van der Waals surface area contributed by atoms with Crippen molar-refractivity contribution >= 4 is 34.7 Å². The highest BCUT2D eigenvalue weighted by Gasteiger charge is 2.21. The predicted octanol–water partition coefficient (Wildman–Crippen LogP) is 2.43. The molecule has 3 N–H and O–H groups in total. The van der Waals surface area contributed by atoms with Crippen LogP contribution < -0.4 is 20.5 Å². The number of carbonyl (C=O) groups is 1. The van der Waals surface area contributed by atoms with Crippen LogP contribution in [0.25, 0.3) is 11.2 Å². The van der Waals surface area contributed by atoms with Gasteiger partial charge in [0.1, 0.15) is 6.33 Å². The third-order valence-corrected chi connectivity index (χ3v) is 5.66. The van der Waals surface area contributed by atoms with Gasteiger partial charge in [-0.05, 0) is 12.0 Å². The second-order valence-corrected chi connectivity index (χ2v) is 8.38. The average Bonchev–Trinajstić information content (AvgIpc) is 3.32. The molecule has 9 nitrogen and oxygen atoms in total. The van der Waals surface area contributed by atoms with Gasteiger partial charge < -0.3 is 25.1 Å². The molecule has 31 heavy (non-hydrogen) atoms. The largest absolute Gasteiger partial charge is 0.454 e. The summed E-state index contributed by atoms with van der Waals surface area (Å²) in [5, 5.41) is 3.57. The molecule has 1 aliphatic rings. The van der Waals surface area contributed by atoms with E-state index in [-0.39, 0.29) is 18.5 Å². The highest BCUT2D eigenvalue weighted by atomic mass is 32.2. The molecule has 0 saturated heterocycles. The predicted molar refractivity (Wildman–Crippen MR) is 117 cm³/mol. The monoisotopic (exact) mass is 438 g/mol. The first-order valence-electron chi connectivity index (χ1n) is 9.77. The van der Waals surface area contributed by atoms with Crippen LogP contribution in [0.15, 0.2) is 28.5 Å². The van der Waals surface area contributed by atoms with Gasteiger partial charge in [-0.3, -0.25) is 4.79 Å². The van der Waals surface area contributed by atoms with E-state index in [1.165, 1.54) is 18.1 Å². The second-order valence-electron chi connectivity index (χ2n) is 7.37. The Balaban J connectivity index is 1.65. The Hall–Kier alpha value is -3.45. The lowest BCUT2D eigenvalue weighted by molar-refractivity contribution is -0.121. The summed E-state index contributed by atoms with van der Waals surface area (Å²) in [5.41, 5.74) is 7.78. The number of carbonyl (C=O) groups excluding carboxylic acids is 1. The molecular weight excluding hydrogens is 416 g/mol. The van der Waals surface area contributed by atoms with Crippen LogP contribution in [0.2, 0.25) is 0 Å². The molecule has 0 atom stereocenters. The van der Waals surface area contributed by atoms with Gasteiger partial charge in [0.2, 0.25) is 12.7 Å². The smallest absolute Gasteiger partial charge is 0.231 e. The first-order valence-corrected chi connectivity index (χ1v) is 10.6. The summed E-state index contributed by atoms with van der Waals surface area (Å²) in [6, 6.07) is 3.61. The molecule has 0 saturated carbocycles. The van der Waals surface area contributed by atoms with E-state index in [1.807, 2.05) is 24.5 Å². The number of rotatable bonds is 7. The highest BCUT2D eigenvalue weighted by molar-refractivity contribution is 7.99. The maximum Gasteiger partial charge on any atom is 0.231 e. The van der Waals surface area contributed by atoms with E-state index in [9.17, 15) is 4.79 Å². The fourth-order valence-electron chi connectivity index (χ4n) is 3.18. The lowest BCUT2D eigenvalue weighted by Gasteiger charge is -2.11. The molecule has 0 unspecified atom stereocenters. The van der Waals surface area contributed by atoms with E-state index in [0.29, 0.717) is 58.8 Å². The maximum atomic E-state index is 12.0. The first kappa shape index (κ1) is 20.8. The van der Waals surface area contributed by atoms with Crippen molar-refractivity contribution in [2.24, 2.45) is 5.92 Å². The summed E-state index contributed by atoms with van der Waals surface area (Å²) in [7, 11) is 0. The molecule has 1 aliphatic heterocycles. The maximum absolute atomic E-state index is 12.0. The third-order valence-electron chi connectivity index (χ3n) is 4.61. The average molecular weight is 439 g/mol. The van der Waals surface area contributed by atoms with E-state index in [0.717, 1.165) is 4.90 Å². The molecule has 0 spiro atoms. The molecular formula is C21H22N6O3S. The molecule has 0 fully saturated rings. The number of hydrogen-bond donors (Lipinski definition) is 2. The van der Waals surface area contributed by atoms with E-state index in [2.05, 4.69) is 26.2 Å².